The van der Waals surface area contributed by atoms with Crippen LogP contribution in [0.1, 0.15) is 33.6 Å². The molecule has 3 heterocycles. The molecule has 13 heteroatoms. The molecule has 1 aliphatic heterocycles. The molecule has 2 aromatic heterocycles. The number of piperidine rings is 1. The number of halogens is 1. The molecule has 1 saturated heterocycles. The fourth-order valence-corrected chi connectivity index (χ4v) is 5.32. The summed E-state index contributed by atoms with van der Waals surface area (Å²) in [7, 11) is 0.466. The van der Waals surface area contributed by atoms with Gasteiger partial charge in [-0.15, -0.1) is 0 Å². The largest absolute Gasteiger partial charge is 0.444 e. The Morgan fingerprint density at radius 1 is 1.15 bits per heavy atom. The first-order valence-corrected chi connectivity index (χ1v) is 15.2. The summed E-state index contributed by atoms with van der Waals surface area (Å²) in [5.41, 5.74) is -0.00899. The molecule has 0 saturated carbocycles. The van der Waals surface area contributed by atoms with Crippen molar-refractivity contribution in [2.45, 2.75) is 44.1 Å². The molecule has 11 nitrogen and oxygen atoms in total. The number of ether oxygens (including phenoxy) is 1. The minimum atomic E-state index is -3.55. The molecule has 1 fully saturated rings. The first-order chi connectivity index (χ1) is 18.7. The molecule has 0 aliphatic carbocycles. The second-order valence-corrected chi connectivity index (χ2v) is 13.6. The first kappa shape index (κ1) is 29.7. The van der Waals surface area contributed by atoms with Gasteiger partial charge in [0.15, 0.2) is 15.5 Å². The summed E-state index contributed by atoms with van der Waals surface area (Å²) in [6, 6.07) is 3.74. The lowest BCUT2D eigenvalue weighted by Crippen LogP contribution is -2.44. The molecule has 4 rings (SSSR count). The fraction of sp³-hybridized carbons (Fsp3) is 0.556. The summed E-state index contributed by atoms with van der Waals surface area (Å²) < 4.78 is 45.6. The number of likely N-dealkylation sites (N-methyl/N-ethyl adjacent to an activating group) is 1. The van der Waals surface area contributed by atoms with E-state index in [1.54, 1.807) is 11.1 Å². The van der Waals surface area contributed by atoms with Gasteiger partial charge in [-0.3, -0.25) is 0 Å². The van der Waals surface area contributed by atoms with E-state index >= 15 is 4.39 Å². The van der Waals surface area contributed by atoms with E-state index in [1.165, 1.54) is 23.1 Å². The van der Waals surface area contributed by atoms with Crippen molar-refractivity contribution < 1.29 is 22.3 Å². The SMILES string of the molecule is CN(C)CCN(CC1CCN(C(=O)OC(C)(C)C)CC1)c1ncnc2c1cnn2-c1ccc(S(C)(=O)=O)cc1F. The molecule has 0 N–H and O–H groups in total. The lowest BCUT2D eigenvalue weighted by molar-refractivity contribution is 0.0186. The summed E-state index contributed by atoms with van der Waals surface area (Å²) in [5, 5.41) is 5.06. The molecule has 0 spiro atoms. The molecule has 0 radical (unpaired) electrons. The minimum Gasteiger partial charge on any atom is -0.444 e. The van der Waals surface area contributed by atoms with Crippen LogP contribution in [0.2, 0.25) is 0 Å². The second-order valence-electron chi connectivity index (χ2n) is 11.5. The van der Waals surface area contributed by atoms with Crippen molar-refractivity contribution in [1.82, 2.24) is 29.5 Å². The highest BCUT2D eigenvalue weighted by Crippen LogP contribution is 2.29. The standard InChI is InChI=1S/C27H38FN7O4S/c1-27(2,3)39-26(36)33-11-9-19(10-12-33)17-34(14-13-32(4)5)24-21-16-31-35(25(21)30-18-29-24)23-8-7-20(15-22(23)28)40(6,37)38/h7-8,15-16,18-19H,9-14,17H2,1-6H3. The molecule has 1 aromatic carbocycles. The lowest BCUT2D eigenvalue weighted by Gasteiger charge is -2.36. The van der Waals surface area contributed by atoms with Crippen molar-refractivity contribution >= 4 is 32.8 Å². The van der Waals surface area contributed by atoms with Gasteiger partial charge >= 0.3 is 6.09 Å². The zero-order valence-electron chi connectivity index (χ0n) is 24.0. The lowest BCUT2D eigenvalue weighted by atomic mass is 9.96. The summed E-state index contributed by atoms with van der Waals surface area (Å²) >= 11 is 0. The van der Waals surface area contributed by atoms with Crippen molar-refractivity contribution in [3.63, 3.8) is 0 Å². The number of likely N-dealkylation sites (tertiary alicyclic amines) is 1. The van der Waals surface area contributed by atoms with Crippen LogP contribution >= 0.6 is 0 Å². The van der Waals surface area contributed by atoms with Crippen LogP contribution in [0, 0.1) is 11.7 Å². The molecular weight excluding hydrogens is 537 g/mol. The van der Waals surface area contributed by atoms with E-state index in [4.69, 9.17) is 4.74 Å². The minimum absolute atomic E-state index is 0.0985. The van der Waals surface area contributed by atoms with Crippen LogP contribution < -0.4 is 4.90 Å². The fourth-order valence-electron chi connectivity index (χ4n) is 4.69. The van der Waals surface area contributed by atoms with E-state index in [1.807, 2.05) is 34.9 Å². The van der Waals surface area contributed by atoms with Crippen molar-refractivity contribution in [2.75, 3.05) is 58.0 Å². The van der Waals surface area contributed by atoms with Gasteiger partial charge in [0.1, 0.15) is 29.3 Å². The molecule has 3 aromatic rings. The van der Waals surface area contributed by atoms with Crippen LogP contribution in [0.15, 0.2) is 35.6 Å². The van der Waals surface area contributed by atoms with E-state index in [0.29, 0.717) is 42.4 Å². The number of sulfone groups is 1. The summed E-state index contributed by atoms with van der Waals surface area (Å²) in [6.45, 7) is 9.07. The normalized spacial score (nSPS) is 15.2. The number of hydrogen-bond acceptors (Lipinski definition) is 9. The van der Waals surface area contributed by atoms with Crippen molar-refractivity contribution in [3.05, 3.63) is 36.5 Å². The maximum absolute atomic E-state index is 15.0. The maximum atomic E-state index is 15.0. The quantitative estimate of drug-likeness (QED) is 0.399. The van der Waals surface area contributed by atoms with Gasteiger partial charge in [-0.25, -0.2) is 32.3 Å². The Hall–Kier alpha value is -3.32. The van der Waals surface area contributed by atoms with Gasteiger partial charge in [0.05, 0.1) is 16.5 Å². The molecule has 1 amide bonds. The highest BCUT2D eigenvalue weighted by molar-refractivity contribution is 7.90. The Balaban J connectivity index is 1.58. The number of carbonyl (C=O) groups excluding carboxylic acids is 1. The third-order valence-electron chi connectivity index (χ3n) is 6.78. The van der Waals surface area contributed by atoms with Gasteiger partial charge in [0.25, 0.3) is 0 Å². The number of aromatic nitrogens is 4. The number of fused-ring (bicyclic) bond motifs is 1. The van der Waals surface area contributed by atoms with Gasteiger partial charge in [-0.1, -0.05) is 0 Å². The zero-order valence-corrected chi connectivity index (χ0v) is 24.8. The number of anilines is 1. The number of hydrogen-bond donors (Lipinski definition) is 0. The van der Waals surface area contributed by atoms with Crippen LogP contribution in [0.4, 0.5) is 15.0 Å². The predicted octanol–water partition coefficient (Wildman–Crippen LogP) is 3.37. The van der Waals surface area contributed by atoms with Gasteiger partial charge in [0, 0.05) is 39.0 Å². The van der Waals surface area contributed by atoms with Crippen LogP contribution in [0.3, 0.4) is 0 Å². The van der Waals surface area contributed by atoms with Gasteiger partial charge in [-0.2, -0.15) is 5.10 Å². The van der Waals surface area contributed by atoms with E-state index in [-0.39, 0.29) is 16.7 Å². The van der Waals surface area contributed by atoms with Gasteiger partial charge in [-0.05, 0) is 71.8 Å². The zero-order chi connectivity index (χ0) is 29.2. The highest BCUT2D eigenvalue weighted by Gasteiger charge is 2.29. The Morgan fingerprint density at radius 3 is 2.45 bits per heavy atom. The average molecular weight is 576 g/mol. The Morgan fingerprint density at radius 2 is 1.85 bits per heavy atom. The van der Waals surface area contributed by atoms with Crippen LogP contribution in [-0.4, -0.2) is 103 Å². The van der Waals surface area contributed by atoms with Gasteiger partial charge in [0.2, 0.25) is 0 Å². The molecule has 0 atom stereocenters. The summed E-state index contributed by atoms with van der Waals surface area (Å²) in [6.07, 6.45) is 5.48. The number of amides is 1. The number of rotatable bonds is 8. The van der Waals surface area contributed by atoms with Crippen molar-refractivity contribution in [3.8, 4) is 5.69 Å². The molecular formula is C27H38FN7O4S. The van der Waals surface area contributed by atoms with Gasteiger partial charge < -0.3 is 19.4 Å². The molecule has 0 bridgehead atoms. The molecule has 40 heavy (non-hydrogen) atoms. The van der Waals surface area contributed by atoms with E-state index in [0.717, 1.165) is 38.3 Å². The molecule has 1 aliphatic rings. The smallest absolute Gasteiger partial charge is 0.410 e. The third-order valence-corrected chi connectivity index (χ3v) is 7.89. The maximum Gasteiger partial charge on any atom is 0.410 e. The topological polar surface area (TPSA) is 114 Å². The summed E-state index contributed by atoms with van der Waals surface area (Å²) in [5.74, 6) is 0.317. The second kappa shape index (κ2) is 11.7. The van der Waals surface area contributed by atoms with Crippen molar-refractivity contribution in [2.24, 2.45) is 5.92 Å². The van der Waals surface area contributed by atoms with E-state index < -0.39 is 21.3 Å². The van der Waals surface area contributed by atoms with Crippen molar-refractivity contribution in [1.29, 1.82) is 0 Å². The predicted molar refractivity (Wildman–Crippen MR) is 151 cm³/mol. The van der Waals surface area contributed by atoms with Crippen LogP contribution in [0.25, 0.3) is 16.7 Å². The number of carbonyl (C=O) groups is 1. The Labute approximate surface area is 234 Å². The highest BCUT2D eigenvalue weighted by atomic mass is 32.2. The van der Waals surface area contributed by atoms with Crippen LogP contribution in [-0.2, 0) is 14.6 Å². The number of benzene rings is 1. The first-order valence-electron chi connectivity index (χ1n) is 13.3. The van der Waals surface area contributed by atoms with E-state index in [2.05, 4.69) is 24.9 Å². The molecule has 218 valence electrons. The summed E-state index contributed by atoms with van der Waals surface area (Å²) in [4.78, 5) is 27.4. The molecule has 0 unspecified atom stereocenters. The Bertz CT molecular complexity index is 1460. The van der Waals surface area contributed by atoms with E-state index in [9.17, 15) is 13.2 Å². The van der Waals surface area contributed by atoms with Crippen LogP contribution in [0.5, 0.6) is 0 Å². The average Bonchev–Trinajstić information content (AvgIpc) is 3.29. The monoisotopic (exact) mass is 575 g/mol. The third kappa shape index (κ3) is 7.05. The Kier molecular flexibility index (Phi) is 8.64. The number of nitrogens with zero attached hydrogens (tertiary/aromatic N) is 7.